The summed E-state index contributed by atoms with van der Waals surface area (Å²) in [6.45, 7) is 3.99. The standard InChI is InChI=1S/C28H30BrNO5S/c1-5-6-7-21-10-13-23(14-11-21)30(36(32,33)24-15-8-20(2)9-16-24)27(31)17-12-22-18-25(29)28(35-4)26(19-22)34-3/h8-19H,5-7H2,1-4H3/b17-12+. The number of nitrogens with zero attached hydrogens (tertiary/aromatic N) is 1. The number of amides is 1. The third-order valence-electron chi connectivity index (χ3n) is 5.62. The Morgan fingerprint density at radius 2 is 1.67 bits per heavy atom. The first-order chi connectivity index (χ1) is 17.2. The van der Waals surface area contributed by atoms with Crippen LogP contribution in [0.1, 0.15) is 36.5 Å². The number of sulfonamides is 1. The Kier molecular flexibility index (Phi) is 9.34. The van der Waals surface area contributed by atoms with Gasteiger partial charge < -0.3 is 9.47 Å². The fraction of sp³-hybridized carbons (Fsp3) is 0.250. The van der Waals surface area contributed by atoms with Crippen molar-refractivity contribution in [1.29, 1.82) is 0 Å². The molecule has 0 unspecified atom stereocenters. The average Bonchev–Trinajstić information content (AvgIpc) is 2.86. The molecule has 190 valence electrons. The van der Waals surface area contributed by atoms with Crippen LogP contribution < -0.4 is 13.8 Å². The summed E-state index contributed by atoms with van der Waals surface area (Å²) in [4.78, 5) is 13.5. The summed E-state index contributed by atoms with van der Waals surface area (Å²) < 4.78 is 39.4. The Morgan fingerprint density at radius 1 is 1.00 bits per heavy atom. The lowest BCUT2D eigenvalue weighted by Crippen LogP contribution is -2.35. The van der Waals surface area contributed by atoms with Crippen LogP contribution >= 0.6 is 15.9 Å². The van der Waals surface area contributed by atoms with Crippen molar-refractivity contribution in [3.05, 3.63) is 87.9 Å². The fourth-order valence-corrected chi connectivity index (χ4v) is 5.66. The first-order valence-electron chi connectivity index (χ1n) is 11.6. The maximum atomic E-state index is 13.6. The molecule has 0 bridgehead atoms. The Hall–Kier alpha value is -3.10. The number of rotatable bonds is 10. The molecule has 0 radical (unpaired) electrons. The second-order valence-electron chi connectivity index (χ2n) is 8.26. The van der Waals surface area contributed by atoms with E-state index in [0.29, 0.717) is 21.5 Å². The number of carbonyl (C=O) groups excluding carboxylic acids is 1. The number of carbonyl (C=O) groups is 1. The monoisotopic (exact) mass is 571 g/mol. The number of aryl methyl sites for hydroxylation is 2. The van der Waals surface area contributed by atoms with E-state index >= 15 is 0 Å². The number of unbranched alkanes of at least 4 members (excludes halogenated alkanes) is 1. The van der Waals surface area contributed by atoms with Gasteiger partial charge in [0.25, 0.3) is 15.9 Å². The Morgan fingerprint density at radius 3 is 2.25 bits per heavy atom. The van der Waals surface area contributed by atoms with Crippen LogP contribution in [0.25, 0.3) is 6.08 Å². The highest BCUT2D eigenvalue weighted by Crippen LogP contribution is 2.36. The molecular weight excluding hydrogens is 542 g/mol. The first-order valence-corrected chi connectivity index (χ1v) is 13.8. The van der Waals surface area contributed by atoms with E-state index in [1.165, 1.54) is 32.4 Å². The number of methoxy groups -OCH3 is 2. The van der Waals surface area contributed by atoms with E-state index in [0.717, 1.165) is 34.7 Å². The molecule has 3 aromatic rings. The molecule has 0 fully saturated rings. The van der Waals surface area contributed by atoms with E-state index in [-0.39, 0.29) is 10.6 Å². The van der Waals surface area contributed by atoms with Gasteiger partial charge in [0.2, 0.25) is 0 Å². The van der Waals surface area contributed by atoms with Gasteiger partial charge in [-0.3, -0.25) is 4.79 Å². The molecule has 6 nitrogen and oxygen atoms in total. The SMILES string of the molecule is CCCCc1ccc(N(C(=O)/C=C/c2cc(Br)c(OC)c(OC)c2)S(=O)(=O)c2ccc(C)cc2)cc1. The molecule has 0 saturated heterocycles. The summed E-state index contributed by atoms with van der Waals surface area (Å²) in [6, 6.07) is 17.0. The number of hydrogen-bond donors (Lipinski definition) is 0. The van der Waals surface area contributed by atoms with E-state index in [1.54, 1.807) is 42.5 Å². The molecular formula is C28H30BrNO5S. The summed E-state index contributed by atoms with van der Waals surface area (Å²) in [5, 5.41) is 0. The topological polar surface area (TPSA) is 72.9 Å². The fourth-order valence-electron chi connectivity index (χ4n) is 3.65. The maximum Gasteiger partial charge on any atom is 0.271 e. The predicted octanol–water partition coefficient (Wildman–Crippen LogP) is 6.55. The van der Waals surface area contributed by atoms with Gasteiger partial charge in [-0.2, -0.15) is 4.31 Å². The minimum Gasteiger partial charge on any atom is -0.493 e. The Labute approximate surface area is 221 Å². The summed E-state index contributed by atoms with van der Waals surface area (Å²) in [5.74, 6) is 0.307. The lowest BCUT2D eigenvalue weighted by molar-refractivity contribution is -0.113. The van der Waals surface area contributed by atoms with Crippen molar-refractivity contribution in [2.24, 2.45) is 0 Å². The van der Waals surface area contributed by atoms with E-state index < -0.39 is 15.9 Å². The van der Waals surface area contributed by atoms with Gasteiger partial charge in [0.05, 0.1) is 29.3 Å². The van der Waals surface area contributed by atoms with Crippen molar-refractivity contribution in [1.82, 2.24) is 0 Å². The van der Waals surface area contributed by atoms with Crippen molar-refractivity contribution >= 4 is 43.6 Å². The predicted molar refractivity (Wildman–Crippen MR) is 147 cm³/mol. The van der Waals surface area contributed by atoms with Gasteiger partial charge in [0, 0.05) is 6.08 Å². The summed E-state index contributed by atoms with van der Waals surface area (Å²) in [6.07, 6.45) is 5.77. The highest BCUT2D eigenvalue weighted by molar-refractivity contribution is 9.10. The lowest BCUT2D eigenvalue weighted by atomic mass is 10.1. The summed E-state index contributed by atoms with van der Waals surface area (Å²) in [7, 11) is -1.11. The van der Waals surface area contributed by atoms with Crippen LogP contribution in [0.2, 0.25) is 0 Å². The first kappa shape index (κ1) is 27.5. The molecule has 8 heteroatoms. The zero-order valence-corrected chi connectivity index (χ0v) is 23.2. The number of hydrogen-bond acceptors (Lipinski definition) is 5. The number of benzene rings is 3. The normalized spacial score (nSPS) is 11.5. The minimum absolute atomic E-state index is 0.0405. The third-order valence-corrected chi connectivity index (χ3v) is 7.95. The highest BCUT2D eigenvalue weighted by atomic mass is 79.9. The van der Waals surface area contributed by atoms with Gasteiger partial charge in [0.15, 0.2) is 11.5 Å². The zero-order chi connectivity index (χ0) is 26.3. The second-order valence-corrected chi connectivity index (χ2v) is 10.9. The van der Waals surface area contributed by atoms with Crippen molar-refractivity contribution in [3.8, 4) is 11.5 Å². The molecule has 3 aromatic carbocycles. The van der Waals surface area contributed by atoms with Crippen LogP contribution in [-0.4, -0.2) is 28.5 Å². The number of halogens is 1. The van der Waals surface area contributed by atoms with Crippen LogP contribution in [0.15, 0.2) is 76.1 Å². The van der Waals surface area contributed by atoms with Gasteiger partial charge >= 0.3 is 0 Å². The van der Waals surface area contributed by atoms with Crippen molar-refractivity contribution in [2.45, 2.75) is 38.0 Å². The van der Waals surface area contributed by atoms with Gasteiger partial charge in [-0.1, -0.05) is 43.2 Å². The molecule has 0 N–H and O–H groups in total. The molecule has 0 atom stereocenters. The second kappa shape index (κ2) is 12.2. The molecule has 1 amide bonds. The molecule has 0 heterocycles. The average molecular weight is 573 g/mol. The largest absolute Gasteiger partial charge is 0.493 e. The van der Waals surface area contributed by atoms with Gasteiger partial charge in [-0.25, -0.2) is 8.42 Å². The quantitative estimate of drug-likeness (QED) is 0.258. The lowest BCUT2D eigenvalue weighted by Gasteiger charge is -2.22. The molecule has 0 aliphatic carbocycles. The van der Waals surface area contributed by atoms with E-state index in [2.05, 4.69) is 22.9 Å². The highest BCUT2D eigenvalue weighted by Gasteiger charge is 2.29. The van der Waals surface area contributed by atoms with Gasteiger partial charge in [0.1, 0.15) is 0 Å². The summed E-state index contributed by atoms with van der Waals surface area (Å²) >= 11 is 3.43. The van der Waals surface area contributed by atoms with Crippen molar-refractivity contribution in [3.63, 3.8) is 0 Å². The van der Waals surface area contributed by atoms with E-state index in [9.17, 15) is 13.2 Å². The minimum atomic E-state index is -4.16. The number of anilines is 1. The van der Waals surface area contributed by atoms with Crippen molar-refractivity contribution < 1.29 is 22.7 Å². The van der Waals surface area contributed by atoms with Crippen LogP contribution in [0.5, 0.6) is 11.5 Å². The smallest absolute Gasteiger partial charge is 0.271 e. The van der Waals surface area contributed by atoms with Crippen LogP contribution in [0.4, 0.5) is 5.69 Å². The molecule has 0 aromatic heterocycles. The number of ether oxygens (including phenoxy) is 2. The van der Waals surface area contributed by atoms with E-state index in [1.807, 2.05) is 19.1 Å². The maximum absolute atomic E-state index is 13.6. The molecule has 0 spiro atoms. The van der Waals surface area contributed by atoms with Crippen LogP contribution in [0.3, 0.4) is 0 Å². The zero-order valence-electron chi connectivity index (χ0n) is 20.8. The molecule has 0 aliphatic rings. The van der Waals surface area contributed by atoms with E-state index in [4.69, 9.17) is 9.47 Å². The van der Waals surface area contributed by atoms with Crippen LogP contribution in [-0.2, 0) is 21.2 Å². The van der Waals surface area contributed by atoms with Crippen LogP contribution in [0, 0.1) is 6.92 Å². The van der Waals surface area contributed by atoms with Gasteiger partial charge in [-0.15, -0.1) is 0 Å². The Bertz CT molecular complexity index is 1330. The molecule has 36 heavy (non-hydrogen) atoms. The molecule has 0 aliphatic heterocycles. The van der Waals surface area contributed by atoms with Crippen molar-refractivity contribution in [2.75, 3.05) is 18.5 Å². The summed E-state index contributed by atoms with van der Waals surface area (Å²) in [5.41, 5.74) is 2.92. The van der Waals surface area contributed by atoms with Gasteiger partial charge in [-0.05, 0) is 89.3 Å². The Balaban J connectivity index is 2.02. The third kappa shape index (κ3) is 6.36. The molecule has 3 rings (SSSR count). The molecule has 0 saturated carbocycles.